The van der Waals surface area contributed by atoms with Gasteiger partial charge in [-0.15, -0.1) is 0 Å². The van der Waals surface area contributed by atoms with E-state index in [9.17, 15) is 34.2 Å². The van der Waals surface area contributed by atoms with Crippen LogP contribution in [0.3, 0.4) is 0 Å². The Morgan fingerprint density at radius 2 is 1.26 bits per heavy atom. The number of para-hydroxylation sites is 2. The molecule has 0 fully saturated rings. The van der Waals surface area contributed by atoms with Gasteiger partial charge in [0.2, 0.25) is 17.7 Å². The highest BCUT2D eigenvalue weighted by Gasteiger charge is 2.31. The van der Waals surface area contributed by atoms with E-state index in [1.54, 1.807) is 24.5 Å². The molecule has 0 aliphatic heterocycles. The molecule has 0 bridgehead atoms. The van der Waals surface area contributed by atoms with Crippen molar-refractivity contribution in [3.63, 3.8) is 0 Å². The van der Waals surface area contributed by atoms with E-state index in [0.717, 1.165) is 27.4 Å². The maximum atomic E-state index is 13.0. The van der Waals surface area contributed by atoms with E-state index in [-0.39, 0.29) is 12.8 Å². The zero-order valence-corrected chi connectivity index (χ0v) is 22.7. The molecule has 2 aromatic carbocycles. The molecule has 0 saturated heterocycles. The summed E-state index contributed by atoms with van der Waals surface area (Å²) in [6.45, 7) is 1.36. The number of nitrogens with one attached hydrogen (secondary N) is 5. The molecular weight excluding hydrogens is 544 g/mol. The number of nitrogens with two attached hydrogens (primary N) is 1. The molecule has 9 N–H and O–H groups in total. The van der Waals surface area contributed by atoms with Crippen LogP contribution in [0.4, 0.5) is 0 Å². The summed E-state index contributed by atoms with van der Waals surface area (Å²) in [7, 11) is 0. The van der Waals surface area contributed by atoms with Crippen molar-refractivity contribution < 1.29 is 34.2 Å². The van der Waals surface area contributed by atoms with Crippen molar-refractivity contribution in [1.29, 1.82) is 0 Å². The van der Waals surface area contributed by atoms with E-state index in [1.165, 1.54) is 6.92 Å². The quantitative estimate of drug-likeness (QED) is 0.113. The summed E-state index contributed by atoms with van der Waals surface area (Å²) in [5, 5.41) is 27.9. The first-order valence-electron chi connectivity index (χ1n) is 13.2. The SMILES string of the molecule is CC(NC(=O)C(N)Cc1c[nH]c2ccccc12)C(=O)NC(CC(=O)O)C(=O)NC(Cc1c[nH]c2ccccc12)C(=O)O. The molecule has 3 amide bonds. The first-order valence-corrected chi connectivity index (χ1v) is 13.2. The van der Waals surface area contributed by atoms with Gasteiger partial charge < -0.3 is 41.9 Å². The van der Waals surface area contributed by atoms with Crippen LogP contribution in [-0.4, -0.2) is 74.0 Å². The Morgan fingerprint density at radius 3 is 1.81 bits per heavy atom. The number of rotatable bonds is 13. The Balaban J connectivity index is 1.37. The molecule has 220 valence electrons. The number of fused-ring (bicyclic) bond motifs is 2. The van der Waals surface area contributed by atoms with E-state index in [2.05, 4.69) is 25.9 Å². The molecule has 4 aromatic rings. The minimum atomic E-state index is -1.60. The number of benzene rings is 2. The van der Waals surface area contributed by atoms with Gasteiger partial charge in [0.15, 0.2) is 0 Å². The maximum Gasteiger partial charge on any atom is 0.326 e. The molecule has 2 aromatic heterocycles. The zero-order valence-electron chi connectivity index (χ0n) is 22.7. The van der Waals surface area contributed by atoms with Gasteiger partial charge in [-0.3, -0.25) is 19.2 Å². The topological polar surface area (TPSA) is 219 Å². The lowest BCUT2D eigenvalue weighted by atomic mass is 10.0. The number of carbonyl (C=O) groups excluding carboxylic acids is 3. The van der Waals surface area contributed by atoms with Crippen LogP contribution in [0.2, 0.25) is 0 Å². The molecule has 13 nitrogen and oxygen atoms in total. The number of carboxylic acid groups (broad SMARTS) is 2. The summed E-state index contributed by atoms with van der Waals surface area (Å²) in [5.74, 6) is -5.18. The van der Waals surface area contributed by atoms with Crippen molar-refractivity contribution >= 4 is 51.5 Å². The standard InChI is InChI=1S/C29H32N6O7/c1-15(33-27(39)20(30)10-16-13-31-21-8-4-2-6-18(16)21)26(38)34-23(12-25(36)37)28(40)35-24(29(41)42)11-17-14-32-22-9-5-3-7-19(17)22/h2-9,13-15,20,23-24,31-32H,10-12,30H2,1H3,(H,33,39)(H,34,38)(H,35,40)(H,36,37)(H,41,42). The number of carboxylic acids is 2. The van der Waals surface area contributed by atoms with Crippen LogP contribution >= 0.6 is 0 Å². The number of aromatic nitrogens is 2. The predicted octanol–water partition coefficient (Wildman–Crippen LogP) is 0.795. The second-order valence-corrected chi connectivity index (χ2v) is 10.0. The van der Waals surface area contributed by atoms with Crippen LogP contribution in [0.25, 0.3) is 21.8 Å². The molecule has 0 saturated carbocycles. The van der Waals surface area contributed by atoms with Crippen LogP contribution in [0.5, 0.6) is 0 Å². The molecule has 0 radical (unpaired) electrons. The zero-order chi connectivity index (χ0) is 30.4. The van der Waals surface area contributed by atoms with Gasteiger partial charge in [0.1, 0.15) is 18.1 Å². The summed E-state index contributed by atoms with van der Waals surface area (Å²) < 4.78 is 0. The number of H-pyrrole nitrogens is 2. The Morgan fingerprint density at radius 1 is 0.738 bits per heavy atom. The molecular formula is C29H32N6O7. The number of hydrogen-bond donors (Lipinski definition) is 8. The van der Waals surface area contributed by atoms with Crippen LogP contribution in [0.15, 0.2) is 60.9 Å². The average molecular weight is 577 g/mol. The van der Waals surface area contributed by atoms with Gasteiger partial charge in [-0.1, -0.05) is 36.4 Å². The summed E-state index contributed by atoms with van der Waals surface area (Å²) in [6.07, 6.45) is 2.70. The van der Waals surface area contributed by atoms with Crippen LogP contribution < -0.4 is 21.7 Å². The third-order valence-electron chi connectivity index (χ3n) is 6.93. The summed E-state index contributed by atoms with van der Waals surface area (Å²) in [6, 6.07) is 9.60. The fourth-order valence-corrected chi connectivity index (χ4v) is 4.69. The number of hydrogen-bond acceptors (Lipinski definition) is 6. The van der Waals surface area contributed by atoms with Crippen LogP contribution in [-0.2, 0) is 36.8 Å². The fraction of sp³-hybridized carbons (Fsp3) is 0.276. The Labute approximate surface area is 239 Å². The highest BCUT2D eigenvalue weighted by Crippen LogP contribution is 2.20. The van der Waals surface area contributed by atoms with Gasteiger partial charge in [-0.05, 0) is 36.6 Å². The maximum absolute atomic E-state index is 13.0. The molecule has 13 heteroatoms. The molecule has 0 aliphatic rings. The second kappa shape index (κ2) is 13.0. The van der Waals surface area contributed by atoms with E-state index in [4.69, 9.17) is 5.73 Å². The number of aromatic amines is 2. The van der Waals surface area contributed by atoms with Crippen molar-refractivity contribution in [2.45, 2.75) is 50.4 Å². The Bertz CT molecular complexity index is 1630. The molecule has 4 atom stereocenters. The number of aliphatic carboxylic acids is 2. The van der Waals surface area contributed by atoms with E-state index >= 15 is 0 Å². The summed E-state index contributed by atoms with van der Waals surface area (Å²) in [5.41, 5.74) is 9.22. The van der Waals surface area contributed by atoms with E-state index < -0.39 is 60.2 Å². The highest BCUT2D eigenvalue weighted by atomic mass is 16.4. The van der Waals surface area contributed by atoms with Crippen molar-refractivity contribution in [1.82, 2.24) is 25.9 Å². The molecule has 2 heterocycles. The van der Waals surface area contributed by atoms with Crippen molar-refractivity contribution in [2.24, 2.45) is 5.73 Å². The lowest BCUT2D eigenvalue weighted by Crippen LogP contribution is -2.57. The van der Waals surface area contributed by atoms with Gasteiger partial charge in [0, 0.05) is 40.6 Å². The Hall–Kier alpha value is -5.17. The van der Waals surface area contributed by atoms with Gasteiger partial charge in [0.05, 0.1) is 12.5 Å². The highest BCUT2D eigenvalue weighted by molar-refractivity contribution is 5.96. The number of amides is 3. The first-order chi connectivity index (χ1) is 20.0. The van der Waals surface area contributed by atoms with Crippen molar-refractivity contribution in [2.75, 3.05) is 0 Å². The third-order valence-corrected chi connectivity index (χ3v) is 6.93. The third kappa shape index (κ3) is 7.12. The molecule has 4 unspecified atom stereocenters. The largest absolute Gasteiger partial charge is 0.481 e. The van der Waals surface area contributed by atoms with E-state index in [0.29, 0.717) is 5.56 Å². The smallest absolute Gasteiger partial charge is 0.326 e. The monoisotopic (exact) mass is 576 g/mol. The minimum Gasteiger partial charge on any atom is -0.481 e. The molecule has 0 aliphatic carbocycles. The Kier molecular flexibility index (Phi) is 9.22. The lowest BCUT2D eigenvalue weighted by molar-refractivity contribution is -0.143. The van der Waals surface area contributed by atoms with Crippen molar-refractivity contribution in [3.05, 3.63) is 72.1 Å². The summed E-state index contributed by atoms with van der Waals surface area (Å²) in [4.78, 5) is 68.1. The van der Waals surface area contributed by atoms with Gasteiger partial charge >= 0.3 is 11.9 Å². The minimum absolute atomic E-state index is 0.0837. The normalized spacial score (nSPS) is 14.0. The van der Waals surface area contributed by atoms with Crippen LogP contribution in [0, 0.1) is 0 Å². The van der Waals surface area contributed by atoms with Gasteiger partial charge in [0.25, 0.3) is 0 Å². The molecule has 4 rings (SSSR count). The average Bonchev–Trinajstić information content (AvgIpc) is 3.56. The molecule has 0 spiro atoms. The number of carbonyl (C=O) groups is 5. The second-order valence-electron chi connectivity index (χ2n) is 10.0. The molecule has 42 heavy (non-hydrogen) atoms. The van der Waals surface area contributed by atoms with Crippen molar-refractivity contribution in [3.8, 4) is 0 Å². The fourth-order valence-electron chi connectivity index (χ4n) is 4.69. The summed E-state index contributed by atoms with van der Waals surface area (Å²) >= 11 is 0. The first kappa shape index (κ1) is 29.8. The van der Waals surface area contributed by atoms with Crippen LogP contribution in [0.1, 0.15) is 24.5 Å². The van der Waals surface area contributed by atoms with Gasteiger partial charge in [-0.25, -0.2) is 4.79 Å². The van der Waals surface area contributed by atoms with E-state index in [1.807, 2.05) is 36.4 Å². The van der Waals surface area contributed by atoms with Gasteiger partial charge in [-0.2, -0.15) is 0 Å². The lowest BCUT2D eigenvalue weighted by Gasteiger charge is -2.23. The predicted molar refractivity (Wildman–Crippen MR) is 153 cm³/mol.